The first-order valence-electron chi connectivity index (χ1n) is 10.5. The van der Waals surface area contributed by atoms with Gasteiger partial charge in [0.25, 0.3) is 5.91 Å². The molecule has 2 rings (SSSR count). The average Bonchev–Trinajstić information content (AvgIpc) is 2.74. The number of nitrogens with one attached hydrogen (secondary N) is 1. The van der Waals surface area contributed by atoms with E-state index in [9.17, 15) is 9.59 Å². The standard InChI is InChI=1S/C24H29BrCl2N2O3/c1-6-16(4)28-24(31)17(5)29(12-19-20(26)8-7-9-21(19)27)22(30)13-32-18-10-14(2)23(25)15(3)11-18/h7-11,16-17H,6,12-13H2,1-5H3,(H,28,31)/t16-,17-/m1/s1. The molecule has 0 spiro atoms. The molecule has 2 amide bonds. The molecule has 2 aromatic carbocycles. The Balaban J connectivity index is 2.26. The van der Waals surface area contributed by atoms with E-state index in [1.165, 1.54) is 4.90 Å². The highest BCUT2D eigenvalue weighted by Gasteiger charge is 2.28. The molecule has 0 fully saturated rings. The zero-order valence-corrected chi connectivity index (χ0v) is 22.1. The van der Waals surface area contributed by atoms with E-state index < -0.39 is 6.04 Å². The maximum Gasteiger partial charge on any atom is 0.261 e. The summed E-state index contributed by atoms with van der Waals surface area (Å²) in [4.78, 5) is 27.5. The van der Waals surface area contributed by atoms with Gasteiger partial charge < -0.3 is 15.0 Å². The largest absolute Gasteiger partial charge is 0.484 e. The molecule has 0 aliphatic rings. The second-order valence-corrected chi connectivity index (χ2v) is 9.48. The minimum absolute atomic E-state index is 0.00392. The van der Waals surface area contributed by atoms with E-state index in [1.54, 1.807) is 25.1 Å². The summed E-state index contributed by atoms with van der Waals surface area (Å²) in [6.45, 7) is 9.38. The molecular weight excluding hydrogens is 515 g/mol. The lowest BCUT2D eigenvalue weighted by Crippen LogP contribution is -2.50. The van der Waals surface area contributed by atoms with Gasteiger partial charge in [-0.2, -0.15) is 0 Å². The van der Waals surface area contributed by atoms with Gasteiger partial charge >= 0.3 is 0 Å². The van der Waals surface area contributed by atoms with E-state index in [-0.39, 0.29) is 31.0 Å². The fourth-order valence-corrected chi connectivity index (χ4v) is 3.87. The van der Waals surface area contributed by atoms with Crippen LogP contribution in [0.15, 0.2) is 34.8 Å². The van der Waals surface area contributed by atoms with Crippen molar-refractivity contribution in [3.8, 4) is 5.75 Å². The highest BCUT2D eigenvalue weighted by Crippen LogP contribution is 2.28. The number of hydrogen-bond donors (Lipinski definition) is 1. The third kappa shape index (κ3) is 6.87. The lowest BCUT2D eigenvalue weighted by atomic mass is 10.1. The summed E-state index contributed by atoms with van der Waals surface area (Å²) < 4.78 is 6.79. The Morgan fingerprint density at radius 2 is 1.69 bits per heavy atom. The number of halogens is 3. The molecule has 0 heterocycles. The summed E-state index contributed by atoms with van der Waals surface area (Å²) in [7, 11) is 0. The molecule has 0 aliphatic carbocycles. The molecule has 2 atom stereocenters. The van der Waals surface area contributed by atoms with Gasteiger partial charge in [0.2, 0.25) is 5.91 Å². The number of benzene rings is 2. The van der Waals surface area contributed by atoms with Gasteiger partial charge in [-0.05, 0) is 69.5 Å². The summed E-state index contributed by atoms with van der Waals surface area (Å²) >= 11 is 16.2. The van der Waals surface area contributed by atoms with E-state index in [1.807, 2.05) is 39.8 Å². The van der Waals surface area contributed by atoms with E-state index in [0.717, 1.165) is 22.0 Å². The second kappa shape index (κ2) is 11.9. The van der Waals surface area contributed by atoms with Crippen LogP contribution in [-0.4, -0.2) is 35.4 Å². The smallest absolute Gasteiger partial charge is 0.261 e. The van der Waals surface area contributed by atoms with Crippen LogP contribution in [0.2, 0.25) is 10.0 Å². The van der Waals surface area contributed by atoms with Crippen molar-refractivity contribution in [1.29, 1.82) is 0 Å². The molecule has 0 radical (unpaired) electrons. The number of carbonyl (C=O) groups is 2. The summed E-state index contributed by atoms with van der Waals surface area (Å²) in [6, 6.07) is 8.13. The van der Waals surface area contributed by atoms with Gasteiger partial charge in [-0.3, -0.25) is 9.59 Å². The molecule has 174 valence electrons. The quantitative estimate of drug-likeness (QED) is 0.416. The minimum Gasteiger partial charge on any atom is -0.484 e. The predicted octanol–water partition coefficient (Wildman–Crippen LogP) is 6.08. The summed E-state index contributed by atoms with van der Waals surface area (Å²) in [5.41, 5.74) is 2.60. The Kier molecular flexibility index (Phi) is 9.86. The topological polar surface area (TPSA) is 58.6 Å². The fraction of sp³-hybridized carbons (Fsp3) is 0.417. The highest BCUT2D eigenvalue weighted by molar-refractivity contribution is 9.10. The highest BCUT2D eigenvalue weighted by atomic mass is 79.9. The zero-order chi connectivity index (χ0) is 24.0. The number of nitrogens with zero attached hydrogens (tertiary/aromatic N) is 1. The lowest BCUT2D eigenvalue weighted by Gasteiger charge is -2.30. The minimum atomic E-state index is -0.735. The number of aryl methyl sites for hydroxylation is 2. The van der Waals surface area contributed by atoms with Gasteiger partial charge in [-0.25, -0.2) is 0 Å². The van der Waals surface area contributed by atoms with E-state index >= 15 is 0 Å². The van der Waals surface area contributed by atoms with Gasteiger partial charge in [0.1, 0.15) is 11.8 Å². The van der Waals surface area contributed by atoms with Crippen molar-refractivity contribution >= 4 is 50.9 Å². The maximum atomic E-state index is 13.2. The molecule has 2 aromatic rings. The molecule has 1 N–H and O–H groups in total. The predicted molar refractivity (Wildman–Crippen MR) is 133 cm³/mol. The molecule has 0 unspecified atom stereocenters. The van der Waals surface area contributed by atoms with Crippen molar-refractivity contribution in [2.75, 3.05) is 6.61 Å². The van der Waals surface area contributed by atoms with Gasteiger partial charge in [0, 0.05) is 32.7 Å². The monoisotopic (exact) mass is 542 g/mol. The van der Waals surface area contributed by atoms with Crippen LogP contribution in [0.25, 0.3) is 0 Å². The van der Waals surface area contributed by atoms with Crippen molar-refractivity contribution < 1.29 is 14.3 Å². The Bertz CT molecular complexity index is 940. The van der Waals surface area contributed by atoms with E-state index in [0.29, 0.717) is 21.4 Å². The van der Waals surface area contributed by atoms with Crippen molar-refractivity contribution in [3.63, 3.8) is 0 Å². The average molecular weight is 544 g/mol. The summed E-state index contributed by atoms with van der Waals surface area (Å²) in [5.74, 6) is 0.00112. The van der Waals surface area contributed by atoms with Crippen LogP contribution in [0, 0.1) is 13.8 Å². The number of carbonyl (C=O) groups excluding carboxylic acids is 2. The first-order chi connectivity index (χ1) is 15.0. The maximum absolute atomic E-state index is 13.2. The van der Waals surface area contributed by atoms with E-state index in [2.05, 4.69) is 21.2 Å². The first kappa shape index (κ1) is 26.5. The Morgan fingerprint density at radius 3 is 2.22 bits per heavy atom. The lowest BCUT2D eigenvalue weighted by molar-refractivity contribution is -0.142. The Hall–Kier alpha value is -1.76. The van der Waals surface area contributed by atoms with Crippen molar-refractivity contribution in [1.82, 2.24) is 10.2 Å². The van der Waals surface area contributed by atoms with Crippen molar-refractivity contribution in [2.45, 2.75) is 59.7 Å². The molecule has 0 aromatic heterocycles. The molecule has 0 saturated heterocycles. The van der Waals surface area contributed by atoms with Crippen LogP contribution < -0.4 is 10.1 Å². The third-order valence-electron chi connectivity index (χ3n) is 5.33. The number of amides is 2. The molecular formula is C24H29BrCl2N2O3. The zero-order valence-electron chi connectivity index (χ0n) is 19.0. The van der Waals surface area contributed by atoms with Gasteiger partial charge in [0.15, 0.2) is 6.61 Å². The number of hydrogen-bond acceptors (Lipinski definition) is 3. The molecule has 0 aliphatic heterocycles. The molecule has 8 heteroatoms. The van der Waals surface area contributed by atoms with Crippen LogP contribution in [0.4, 0.5) is 0 Å². The van der Waals surface area contributed by atoms with Crippen LogP contribution in [-0.2, 0) is 16.1 Å². The molecule has 32 heavy (non-hydrogen) atoms. The normalized spacial score (nSPS) is 12.8. The van der Waals surface area contributed by atoms with E-state index in [4.69, 9.17) is 27.9 Å². The molecule has 5 nitrogen and oxygen atoms in total. The third-order valence-corrected chi connectivity index (χ3v) is 7.29. The fourth-order valence-electron chi connectivity index (χ4n) is 3.12. The van der Waals surface area contributed by atoms with Crippen molar-refractivity contribution in [3.05, 3.63) is 61.5 Å². The van der Waals surface area contributed by atoms with Crippen LogP contribution in [0.5, 0.6) is 5.75 Å². The SMILES string of the molecule is CC[C@@H](C)NC(=O)[C@@H](C)N(Cc1c(Cl)cccc1Cl)C(=O)COc1cc(C)c(Br)c(C)c1. The van der Waals surface area contributed by atoms with Gasteiger partial charge in [-0.1, -0.05) is 52.1 Å². The summed E-state index contributed by atoms with van der Waals surface area (Å²) in [6.07, 6.45) is 0.786. The Labute approximate surface area is 208 Å². The molecule has 0 saturated carbocycles. The van der Waals surface area contributed by atoms with Gasteiger partial charge in [-0.15, -0.1) is 0 Å². The Morgan fingerprint density at radius 1 is 1.12 bits per heavy atom. The van der Waals surface area contributed by atoms with Crippen LogP contribution >= 0.6 is 39.1 Å². The summed E-state index contributed by atoms with van der Waals surface area (Å²) in [5, 5.41) is 3.80. The van der Waals surface area contributed by atoms with Crippen molar-refractivity contribution in [2.24, 2.45) is 0 Å². The number of ether oxygens (including phenoxy) is 1. The van der Waals surface area contributed by atoms with Gasteiger partial charge in [0.05, 0.1) is 0 Å². The second-order valence-electron chi connectivity index (χ2n) is 7.88. The molecule has 0 bridgehead atoms. The first-order valence-corrected chi connectivity index (χ1v) is 12.0. The number of rotatable bonds is 9. The van der Waals surface area contributed by atoms with Crippen LogP contribution in [0.1, 0.15) is 43.9 Å². The van der Waals surface area contributed by atoms with Crippen LogP contribution in [0.3, 0.4) is 0 Å².